The number of benzene rings is 4. The number of aromatic carboxylic acids is 1. The summed E-state index contributed by atoms with van der Waals surface area (Å²) < 4.78 is 81.0. The lowest BCUT2D eigenvalue weighted by Gasteiger charge is -2.36. The molecule has 0 radical (unpaired) electrons. The fraction of sp³-hybridized carbons (Fsp3) is 0.212. The molecule has 13 heteroatoms. The molecule has 1 saturated heterocycles. The molecule has 5 rings (SSSR count). The number of hydrogen-bond donors (Lipinski definition) is 3. The monoisotopic (exact) mass is 659 g/mol. The van der Waals surface area contributed by atoms with Crippen molar-refractivity contribution in [3.05, 3.63) is 135 Å². The van der Waals surface area contributed by atoms with Crippen molar-refractivity contribution >= 4 is 23.6 Å². The first-order valence-corrected chi connectivity index (χ1v) is 14.9. The minimum Gasteiger partial charge on any atom is -0.478 e. The molecule has 1 aliphatic rings. The average molecular weight is 660 g/mol. The van der Waals surface area contributed by atoms with Gasteiger partial charge in [0, 0.05) is 29.2 Å². The van der Waals surface area contributed by atoms with Gasteiger partial charge >= 0.3 is 5.97 Å². The summed E-state index contributed by atoms with van der Waals surface area (Å²) in [6, 6.07) is 20.3. The number of thioether (sulfide) groups is 1. The predicted octanol–water partition coefficient (Wildman–Crippen LogP) is 6.84. The van der Waals surface area contributed by atoms with Crippen LogP contribution in [-0.2, 0) is 22.6 Å². The van der Waals surface area contributed by atoms with Gasteiger partial charge in [0.25, 0.3) is 5.91 Å². The molecule has 0 spiro atoms. The van der Waals surface area contributed by atoms with Gasteiger partial charge in [-0.25, -0.2) is 26.7 Å². The molecule has 4 aromatic rings. The fourth-order valence-corrected chi connectivity index (χ4v) is 5.69. The zero-order chi connectivity index (χ0) is 33.0. The maximum absolute atomic E-state index is 14.0. The number of amides is 1. The second-order valence-electron chi connectivity index (χ2n) is 10.4. The minimum absolute atomic E-state index is 0.105. The van der Waals surface area contributed by atoms with Crippen molar-refractivity contribution in [2.24, 2.45) is 0 Å². The molecule has 7 nitrogen and oxygen atoms in total. The molecule has 46 heavy (non-hydrogen) atoms. The van der Waals surface area contributed by atoms with Crippen LogP contribution in [0.5, 0.6) is 0 Å². The minimum atomic E-state index is -2.35. The number of carbonyl (C=O) groups is 2. The van der Waals surface area contributed by atoms with Crippen molar-refractivity contribution < 1.29 is 51.2 Å². The van der Waals surface area contributed by atoms with Crippen LogP contribution in [0.3, 0.4) is 0 Å². The Morgan fingerprint density at radius 3 is 1.91 bits per heavy atom. The van der Waals surface area contributed by atoms with E-state index in [4.69, 9.17) is 14.6 Å². The number of carboxylic acid groups (broad SMARTS) is 1. The highest BCUT2D eigenvalue weighted by Gasteiger charge is 2.33. The Morgan fingerprint density at radius 2 is 1.33 bits per heavy atom. The first-order chi connectivity index (χ1) is 22.0. The third-order valence-electron chi connectivity index (χ3n) is 7.29. The summed E-state index contributed by atoms with van der Waals surface area (Å²) in [6.45, 7) is -0.378. The number of carboxylic acids is 1. The summed E-state index contributed by atoms with van der Waals surface area (Å²) in [7, 11) is 0. The normalized spacial score (nSPS) is 17.9. The quantitative estimate of drug-likeness (QED) is 0.0741. The number of aliphatic hydroxyl groups is 1. The van der Waals surface area contributed by atoms with Gasteiger partial charge in [0.05, 0.1) is 24.4 Å². The summed E-state index contributed by atoms with van der Waals surface area (Å²) in [5.74, 6) is -13.2. The standard InChI is InChI=1S/C33H26F5NO6S/c34-26-25(27(35)29(37)30(38)28(26)36)31(41)39-14-17-1-7-21(8-2-17)33-44-22(16-46-23-11-9-20(10-12-23)32(42)43)13-24(45-33)19-5-3-18(15-40)4-6-19/h1-12,22,24,33,40H,13-16H2,(H,39,41)(H,42,43). The Kier molecular flexibility index (Phi) is 10.4. The van der Waals surface area contributed by atoms with Gasteiger partial charge in [-0.1, -0.05) is 48.5 Å². The maximum atomic E-state index is 14.0. The molecular weight excluding hydrogens is 633 g/mol. The van der Waals surface area contributed by atoms with Crippen molar-refractivity contribution in [3.63, 3.8) is 0 Å². The Labute approximate surface area is 264 Å². The third-order valence-corrected chi connectivity index (χ3v) is 8.44. The summed E-state index contributed by atoms with van der Waals surface area (Å²) in [5, 5.41) is 20.7. The molecule has 0 aromatic heterocycles. The van der Waals surface area contributed by atoms with Crippen LogP contribution in [0.15, 0.2) is 77.7 Å². The molecular formula is C33H26F5NO6S. The molecule has 1 amide bonds. The topological polar surface area (TPSA) is 105 Å². The number of rotatable bonds is 10. The molecule has 0 bridgehead atoms. The summed E-state index contributed by atoms with van der Waals surface area (Å²) in [6.07, 6.45) is -0.956. The lowest BCUT2D eigenvalue weighted by atomic mass is 10.0. The third kappa shape index (κ3) is 7.39. The van der Waals surface area contributed by atoms with E-state index in [0.717, 1.165) is 16.0 Å². The van der Waals surface area contributed by atoms with E-state index < -0.39 is 52.8 Å². The number of carbonyl (C=O) groups excluding carboxylic acids is 1. The Morgan fingerprint density at radius 1 is 0.761 bits per heavy atom. The molecule has 240 valence electrons. The molecule has 1 heterocycles. The van der Waals surface area contributed by atoms with Crippen molar-refractivity contribution in [2.45, 2.75) is 43.0 Å². The van der Waals surface area contributed by atoms with Crippen LogP contribution in [0.2, 0.25) is 0 Å². The Bertz CT molecular complexity index is 1690. The predicted molar refractivity (Wildman–Crippen MR) is 156 cm³/mol. The van der Waals surface area contributed by atoms with Crippen LogP contribution < -0.4 is 5.32 Å². The van der Waals surface area contributed by atoms with E-state index in [0.29, 0.717) is 23.3 Å². The van der Waals surface area contributed by atoms with E-state index in [9.17, 15) is 36.6 Å². The molecule has 3 atom stereocenters. The summed E-state index contributed by atoms with van der Waals surface area (Å²) in [5.41, 5.74) is 1.30. The summed E-state index contributed by atoms with van der Waals surface area (Å²) in [4.78, 5) is 24.3. The van der Waals surface area contributed by atoms with Crippen LogP contribution >= 0.6 is 11.8 Å². The zero-order valence-electron chi connectivity index (χ0n) is 23.8. The highest BCUT2D eigenvalue weighted by Crippen LogP contribution is 2.39. The van der Waals surface area contributed by atoms with Crippen molar-refractivity contribution in [1.82, 2.24) is 5.32 Å². The highest BCUT2D eigenvalue weighted by molar-refractivity contribution is 7.99. The van der Waals surface area contributed by atoms with Gasteiger partial charge in [-0.2, -0.15) is 0 Å². The number of aliphatic hydroxyl groups excluding tert-OH is 1. The van der Waals surface area contributed by atoms with Crippen molar-refractivity contribution in [1.29, 1.82) is 0 Å². The number of ether oxygens (including phenoxy) is 2. The second-order valence-corrected chi connectivity index (χ2v) is 11.5. The first-order valence-electron chi connectivity index (χ1n) is 13.9. The van der Waals surface area contributed by atoms with Crippen LogP contribution in [0, 0.1) is 29.1 Å². The van der Waals surface area contributed by atoms with Gasteiger partial charge < -0.3 is 25.0 Å². The molecule has 1 aliphatic heterocycles. The Hall–Kier alpha value is -4.30. The molecule has 4 aromatic carbocycles. The van der Waals surface area contributed by atoms with Gasteiger partial charge in [0.1, 0.15) is 5.56 Å². The van der Waals surface area contributed by atoms with Gasteiger partial charge in [0.2, 0.25) is 5.82 Å². The maximum Gasteiger partial charge on any atom is 0.335 e. The van der Waals surface area contributed by atoms with Gasteiger partial charge in [-0.3, -0.25) is 4.79 Å². The van der Waals surface area contributed by atoms with Gasteiger partial charge in [0.15, 0.2) is 29.6 Å². The Balaban J connectivity index is 1.28. The number of hydrogen-bond acceptors (Lipinski definition) is 6. The lowest BCUT2D eigenvalue weighted by molar-refractivity contribution is -0.245. The van der Waals surface area contributed by atoms with Crippen LogP contribution in [0.25, 0.3) is 0 Å². The fourth-order valence-electron chi connectivity index (χ4n) is 4.77. The second kappa shape index (κ2) is 14.4. The van der Waals surface area contributed by atoms with E-state index in [2.05, 4.69) is 5.32 Å². The highest BCUT2D eigenvalue weighted by atomic mass is 32.2. The van der Waals surface area contributed by atoms with E-state index in [1.54, 1.807) is 48.5 Å². The lowest BCUT2D eigenvalue weighted by Crippen LogP contribution is -2.31. The van der Waals surface area contributed by atoms with Crippen LogP contribution in [-0.4, -0.2) is 33.9 Å². The van der Waals surface area contributed by atoms with Crippen LogP contribution in [0.4, 0.5) is 22.0 Å². The average Bonchev–Trinajstić information content (AvgIpc) is 3.08. The van der Waals surface area contributed by atoms with E-state index in [-0.39, 0.29) is 30.9 Å². The molecule has 1 fully saturated rings. The van der Waals surface area contributed by atoms with Crippen LogP contribution in [0.1, 0.15) is 61.8 Å². The first kappa shape index (κ1) is 33.1. The van der Waals surface area contributed by atoms with E-state index in [1.807, 2.05) is 12.1 Å². The van der Waals surface area contributed by atoms with E-state index in [1.165, 1.54) is 23.9 Å². The number of halogens is 5. The smallest absolute Gasteiger partial charge is 0.335 e. The van der Waals surface area contributed by atoms with Crippen molar-refractivity contribution in [2.75, 3.05) is 5.75 Å². The SMILES string of the molecule is O=C(O)c1ccc(SCC2CC(c3ccc(CO)cc3)OC(c3ccc(CNC(=O)c4c(F)c(F)c(F)c(F)c4F)cc3)O2)cc1. The largest absolute Gasteiger partial charge is 0.478 e. The van der Waals surface area contributed by atoms with Crippen molar-refractivity contribution in [3.8, 4) is 0 Å². The molecule has 0 saturated carbocycles. The molecule has 3 N–H and O–H groups in total. The summed E-state index contributed by atoms with van der Waals surface area (Å²) >= 11 is 1.49. The number of nitrogens with one attached hydrogen (secondary N) is 1. The molecule has 0 aliphatic carbocycles. The van der Waals surface area contributed by atoms with Gasteiger partial charge in [-0.15, -0.1) is 11.8 Å². The molecule has 3 unspecified atom stereocenters. The zero-order valence-corrected chi connectivity index (χ0v) is 24.6. The van der Waals surface area contributed by atoms with Gasteiger partial charge in [-0.05, 0) is 41.0 Å². The van der Waals surface area contributed by atoms with E-state index >= 15 is 0 Å².